The number of piperazine rings is 1. The number of likely N-dealkylation sites (tertiary alicyclic amines) is 1. The van der Waals surface area contributed by atoms with Crippen molar-refractivity contribution >= 4 is 23.4 Å². The monoisotopic (exact) mass is 602 g/mol. The number of imidazole rings is 1. The van der Waals surface area contributed by atoms with E-state index in [1.165, 1.54) is 11.1 Å². The zero-order valence-electron chi connectivity index (χ0n) is 24.7. The molecule has 3 aromatic rings. The normalized spacial score (nSPS) is 25.0. The lowest BCUT2D eigenvalue weighted by atomic mass is 9.94. The fraction of sp³-hybridized carbons (Fsp3) is 0.515. The van der Waals surface area contributed by atoms with Crippen LogP contribution < -0.4 is 0 Å². The summed E-state index contributed by atoms with van der Waals surface area (Å²) in [5.74, 6) is -0.0168. The van der Waals surface area contributed by atoms with Crippen molar-refractivity contribution in [3.8, 4) is 0 Å². The number of carbonyl (C=O) groups is 2. The van der Waals surface area contributed by atoms with Crippen LogP contribution in [0.3, 0.4) is 0 Å². The standard InChI is InChI=1S/C33H39ClN6O3/c1-22-17-37(21-36-22)18-23-4-3-13-39(19-23)31(41)28-20-38(14-15-40(28)32(42)33(43)10-11-33)30-27-9-8-26(34)16-25(27)7-6-24-5-2-12-35-29(24)30/h2,5,8-9,12,16-17,21,23,28,30,43H,3-4,6-7,10-11,13-15,18-20H2,1H3/t23-,28+,30-/m0/s1. The molecule has 226 valence electrons. The maximum absolute atomic E-state index is 14.4. The molecular weight excluding hydrogens is 564 g/mol. The Kier molecular flexibility index (Phi) is 7.51. The van der Waals surface area contributed by atoms with Crippen molar-refractivity contribution in [2.75, 3.05) is 32.7 Å². The van der Waals surface area contributed by atoms with E-state index in [1.807, 2.05) is 42.7 Å². The van der Waals surface area contributed by atoms with Gasteiger partial charge in [0, 0.05) is 56.7 Å². The van der Waals surface area contributed by atoms with Crippen molar-refractivity contribution in [3.05, 3.63) is 82.2 Å². The van der Waals surface area contributed by atoms with Crippen molar-refractivity contribution in [2.24, 2.45) is 5.92 Å². The van der Waals surface area contributed by atoms with Crippen LogP contribution in [0.2, 0.25) is 5.02 Å². The van der Waals surface area contributed by atoms with E-state index >= 15 is 0 Å². The zero-order valence-corrected chi connectivity index (χ0v) is 25.4. The van der Waals surface area contributed by atoms with Crippen LogP contribution in [0.4, 0.5) is 0 Å². The van der Waals surface area contributed by atoms with E-state index in [0.717, 1.165) is 49.2 Å². The van der Waals surface area contributed by atoms with Crippen LogP contribution in [0.1, 0.15) is 59.8 Å². The minimum Gasteiger partial charge on any atom is -0.380 e. The van der Waals surface area contributed by atoms with Crippen LogP contribution >= 0.6 is 11.6 Å². The number of pyridine rings is 1. The third-order valence-electron chi connectivity index (χ3n) is 9.75. The molecule has 4 aliphatic rings. The number of aromatic nitrogens is 3. The van der Waals surface area contributed by atoms with E-state index in [1.54, 1.807) is 4.90 Å². The second-order valence-corrected chi connectivity index (χ2v) is 13.3. The molecule has 2 saturated heterocycles. The number of hydrogen-bond donors (Lipinski definition) is 1. The van der Waals surface area contributed by atoms with Crippen LogP contribution in [0.25, 0.3) is 0 Å². The summed E-state index contributed by atoms with van der Waals surface area (Å²) >= 11 is 6.44. The number of nitrogens with zero attached hydrogens (tertiary/aromatic N) is 6. The Balaban J connectivity index is 1.19. The Bertz CT molecular complexity index is 1540. The third kappa shape index (κ3) is 5.58. The topological polar surface area (TPSA) is 94.8 Å². The molecule has 2 amide bonds. The lowest BCUT2D eigenvalue weighted by Gasteiger charge is -2.46. The van der Waals surface area contributed by atoms with Gasteiger partial charge in [0.1, 0.15) is 11.6 Å². The van der Waals surface area contributed by atoms with Gasteiger partial charge in [0.15, 0.2) is 0 Å². The first-order valence-corrected chi connectivity index (χ1v) is 15.9. The van der Waals surface area contributed by atoms with Gasteiger partial charge in [-0.1, -0.05) is 23.7 Å². The molecule has 0 radical (unpaired) electrons. The van der Waals surface area contributed by atoms with Gasteiger partial charge < -0.3 is 19.5 Å². The van der Waals surface area contributed by atoms with Crippen molar-refractivity contribution in [1.29, 1.82) is 0 Å². The number of benzene rings is 1. The highest BCUT2D eigenvalue weighted by molar-refractivity contribution is 6.30. The van der Waals surface area contributed by atoms with Gasteiger partial charge in [0.05, 0.1) is 23.8 Å². The number of piperidine rings is 1. The Hall–Kier alpha value is -3.27. The molecule has 9 nitrogen and oxygen atoms in total. The summed E-state index contributed by atoms with van der Waals surface area (Å²) in [4.78, 5) is 43.2. The fourth-order valence-corrected chi connectivity index (χ4v) is 7.53. The molecule has 2 aliphatic heterocycles. The highest BCUT2D eigenvalue weighted by Crippen LogP contribution is 2.41. The molecule has 7 rings (SSSR count). The highest BCUT2D eigenvalue weighted by Gasteiger charge is 2.53. The van der Waals surface area contributed by atoms with E-state index in [0.29, 0.717) is 56.5 Å². The van der Waals surface area contributed by atoms with Gasteiger partial charge in [0.2, 0.25) is 5.91 Å². The van der Waals surface area contributed by atoms with Crippen LogP contribution in [0.15, 0.2) is 49.1 Å². The molecule has 0 unspecified atom stereocenters. The van der Waals surface area contributed by atoms with Gasteiger partial charge in [0.25, 0.3) is 5.91 Å². The van der Waals surface area contributed by atoms with E-state index in [9.17, 15) is 14.7 Å². The fourth-order valence-electron chi connectivity index (χ4n) is 7.34. The number of hydrogen-bond acceptors (Lipinski definition) is 6. The van der Waals surface area contributed by atoms with Gasteiger partial charge in [-0.05, 0) is 86.3 Å². The smallest absolute Gasteiger partial charge is 0.255 e. The summed E-state index contributed by atoms with van der Waals surface area (Å²) in [5, 5.41) is 11.6. The van der Waals surface area contributed by atoms with Crippen LogP contribution in [-0.2, 0) is 29.0 Å². The van der Waals surface area contributed by atoms with Gasteiger partial charge in [-0.15, -0.1) is 0 Å². The van der Waals surface area contributed by atoms with Crippen LogP contribution in [0.5, 0.6) is 0 Å². The number of halogens is 1. The highest BCUT2D eigenvalue weighted by atomic mass is 35.5. The van der Waals surface area contributed by atoms with Gasteiger partial charge >= 0.3 is 0 Å². The molecule has 0 bridgehead atoms. The van der Waals surface area contributed by atoms with Crippen molar-refractivity contribution in [1.82, 2.24) is 29.2 Å². The Morgan fingerprint density at radius 1 is 1.07 bits per heavy atom. The minimum atomic E-state index is -1.33. The first kappa shape index (κ1) is 28.5. The van der Waals surface area contributed by atoms with Crippen LogP contribution in [-0.4, -0.2) is 90.5 Å². The lowest BCUT2D eigenvalue weighted by Crippen LogP contribution is -2.64. The summed E-state index contributed by atoms with van der Waals surface area (Å²) in [7, 11) is 0. The first-order valence-electron chi connectivity index (χ1n) is 15.6. The van der Waals surface area contributed by atoms with Crippen molar-refractivity contribution < 1.29 is 14.7 Å². The number of carbonyl (C=O) groups excluding carboxylic acids is 2. The largest absolute Gasteiger partial charge is 0.380 e. The number of amides is 2. The molecule has 1 N–H and O–H groups in total. The second-order valence-electron chi connectivity index (χ2n) is 12.8. The number of aryl methyl sites for hydroxylation is 3. The predicted octanol–water partition coefficient (Wildman–Crippen LogP) is 3.40. The maximum Gasteiger partial charge on any atom is 0.255 e. The Morgan fingerprint density at radius 2 is 1.91 bits per heavy atom. The Morgan fingerprint density at radius 3 is 2.70 bits per heavy atom. The molecule has 1 saturated carbocycles. The Labute approximate surface area is 257 Å². The minimum absolute atomic E-state index is 0.0278. The predicted molar refractivity (Wildman–Crippen MR) is 162 cm³/mol. The zero-order chi connectivity index (χ0) is 29.7. The lowest BCUT2D eigenvalue weighted by molar-refractivity contribution is -0.157. The average Bonchev–Trinajstić information content (AvgIpc) is 3.68. The maximum atomic E-state index is 14.4. The molecule has 2 aliphatic carbocycles. The quantitative estimate of drug-likeness (QED) is 0.481. The number of fused-ring (bicyclic) bond motifs is 2. The van der Waals surface area contributed by atoms with Gasteiger partial charge in [-0.25, -0.2) is 4.98 Å². The molecule has 3 atom stereocenters. The van der Waals surface area contributed by atoms with Gasteiger partial charge in [-0.3, -0.25) is 19.5 Å². The van der Waals surface area contributed by atoms with E-state index in [4.69, 9.17) is 16.6 Å². The SMILES string of the molecule is Cc1cn(C[C@@H]2CCCN(C(=O)[C@H]3CN([C@H]4c5ccc(Cl)cc5CCc5cccnc54)CCN3C(=O)C3(O)CC3)C2)cn1. The number of rotatable bonds is 5. The molecule has 2 aromatic heterocycles. The molecule has 1 aromatic carbocycles. The molecule has 4 heterocycles. The van der Waals surface area contributed by atoms with Crippen molar-refractivity contribution in [2.45, 2.75) is 69.7 Å². The first-order chi connectivity index (χ1) is 20.8. The second kappa shape index (κ2) is 11.3. The summed E-state index contributed by atoms with van der Waals surface area (Å²) in [6, 6.07) is 9.38. The summed E-state index contributed by atoms with van der Waals surface area (Å²) in [6.45, 7) is 5.46. The summed E-state index contributed by atoms with van der Waals surface area (Å²) in [5.41, 5.74) is 4.20. The molecular formula is C33H39ClN6O3. The van der Waals surface area contributed by atoms with E-state index < -0.39 is 11.6 Å². The van der Waals surface area contributed by atoms with E-state index in [2.05, 4.69) is 32.7 Å². The average molecular weight is 603 g/mol. The van der Waals surface area contributed by atoms with Gasteiger partial charge in [-0.2, -0.15) is 0 Å². The third-order valence-corrected chi connectivity index (χ3v) is 9.99. The van der Waals surface area contributed by atoms with E-state index in [-0.39, 0.29) is 17.9 Å². The van der Waals surface area contributed by atoms with Crippen molar-refractivity contribution in [3.63, 3.8) is 0 Å². The summed E-state index contributed by atoms with van der Waals surface area (Å²) < 4.78 is 2.11. The number of aliphatic hydroxyl groups is 1. The molecule has 10 heteroatoms. The molecule has 43 heavy (non-hydrogen) atoms. The molecule has 3 fully saturated rings. The van der Waals surface area contributed by atoms with Crippen LogP contribution in [0, 0.1) is 12.8 Å². The summed E-state index contributed by atoms with van der Waals surface area (Å²) in [6.07, 6.45) is 10.4. The molecule has 0 spiro atoms.